The maximum atomic E-state index is 15.0. The van der Waals surface area contributed by atoms with Gasteiger partial charge in [-0.25, -0.2) is 9.37 Å². The topological polar surface area (TPSA) is 178 Å². The lowest BCUT2D eigenvalue weighted by molar-refractivity contribution is -0.136. The number of allylic oxidation sites excluding steroid dienone is 2. The van der Waals surface area contributed by atoms with Crippen LogP contribution in [0.2, 0.25) is 0 Å². The van der Waals surface area contributed by atoms with Crippen LogP contribution in [0.3, 0.4) is 0 Å². The van der Waals surface area contributed by atoms with Crippen molar-refractivity contribution in [1.82, 2.24) is 25.1 Å². The number of imide groups is 2. The number of hydrogen-bond donors (Lipinski definition) is 4. The lowest BCUT2D eigenvalue weighted by Gasteiger charge is -2.34. The molecule has 4 aromatic rings. The van der Waals surface area contributed by atoms with Crippen molar-refractivity contribution in [3.8, 4) is 5.75 Å². The van der Waals surface area contributed by atoms with E-state index in [1.165, 1.54) is 30.2 Å². The van der Waals surface area contributed by atoms with E-state index in [0.29, 0.717) is 53.3 Å². The number of nitrogens with one attached hydrogen (secondary N) is 4. The number of rotatable bonds is 16. The highest BCUT2D eigenvalue weighted by molar-refractivity contribution is 7.15. The van der Waals surface area contributed by atoms with Crippen molar-refractivity contribution in [2.45, 2.75) is 63.8 Å². The highest BCUT2D eigenvalue weighted by Gasteiger charge is 2.45. The monoisotopic (exact) mass is 849 g/mol. The van der Waals surface area contributed by atoms with Crippen LogP contribution in [0.15, 0.2) is 60.8 Å². The average Bonchev–Trinajstić information content (AvgIpc) is 4.04. The number of carbonyl (C=O) groups excluding carboxylic acids is 5. The molecule has 1 aliphatic carbocycles. The molecule has 0 bridgehead atoms. The number of carbonyl (C=O) groups is 5. The highest BCUT2D eigenvalue weighted by Crippen LogP contribution is 2.35. The molecule has 2 aromatic carbocycles. The molecule has 5 heterocycles. The van der Waals surface area contributed by atoms with Crippen LogP contribution in [-0.2, 0) is 9.59 Å². The van der Waals surface area contributed by atoms with E-state index in [-0.39, 0.29) is 35.7 Å². The smallest absolute Gasteiger partial charge is 0.265 e. The Morgan fingerprint density at radius 3 is 2.59 bits per heavy atom. The van der Waals surface area contributed by atoms with Gasteiger partial charge in [0, 0.05) is 61.5 Å². The number of fused-ring (bicyclic) bond motifs is 1. The third-order valence-corrected chi connectivity index (χ3v) is 12.6. The van der Waals surface area contributed by atoms with E-state index in [9.17, 15) is 28.4 Å². The molecule has 0 spiro atoms. The second-order valence-corrected chi connectivity index (χ2v) is 16.6. The van der Waals surface area contributed by atoms with Crippen molar-refractivity contribution in [2.75, 3.05) is 67.2 Å². The molecule has 61 heavy (non-hydrogen) atoms. The van der Waals surface area contributed by atoms with Crippen molar-refractivity contribution < 1.29 is 33.1 Å². The molecule has 0 radical (unpaired) electrons. The van der Waals surface area contributed by atoms with Crippen LogP contribution >= 0.6 is 11.3 Å². The van der Waals surface area contributed by atoms with Crippen LogP contribution in [0, 0.1) is 5.82 Å². The molecular formula is C44H48FN9O6S. The summed E-state index contributed by atoms with van der Waals surface area (Å²) in [6.45, 7) is 4.61. The predicted octanol–water partition coefficient (Wildman–Crippen LogP) is 6.44. The van der Waals surface area contributed by atoms with Gasteiger partial charge in [0.05, 0.1) is 35.0 Å². The second kappa shape index (κ2) is 18.6. The van der Waals surface area contributed by atoms with Gasteiger partial charge in [-0.1, -0.05) is 25.0 Å². The molecule has 2 fully saturated rings. The Morgan fingerprint density at radius 1 is 0.967 bits per heavy atom. The van der Waals surface area contributed by atoms with Crippen LogP contribution in [0.25, 0.3) is 5.57 Å². The fourth-order valence-electron chi connectivity index (χ4n) is 8.19. The Morgan fingerprint density at radius 2 is 1.80 bits per heavy atom. The number of hydrogen-bond acceptors (Lipinski definition) is 13. The summed E-state index contributed by atoms with van der Waals surface area (Å²) in [6.07, 6.45) is 10.8. The Labute approximate surface area is 356 Å². The Bertz CT molecular complexity index is 2380. The minimum atomic E-state index is -0.998. The Kier molecular flexibility index (Phi) is 12.7. The Balaban J connectivity index is 0.762. The minimum absolute atomic E-state index is 0.0408. The number of ether oxygens (including phenoxy) is 1. The van der Waals surface area contributed by atoms with Gasteiger partial charge in [-0.2, -0.15) is 4.98 Å². The Hall–Kier alpha value is -6.20. The molecule has 15 nitrogen and oxygen atoms in total. The number of piperazine rings is 1. The average molecular weight is 850 g/mol. The maximum Gasteiger partial charge on any atom is 0.265 e. The van der Waals surface area contributed by atoms with Gasteiger partial charge >= 0.3 is 0 Å². The minimum Gasteiger partial charge on any atom is -0.494 e. The van der Waals surface area contributed by atoms with E-state index in [0.717, 1.165) is 74.4 Å². The molecule has 318 valence electrons. The van der Waals surface area contributed by atoms with Crippen molar-refractivity contribution >= 4 is 75.3 Å². The SMILES string of the molecule is COc1cc(Nc2nc(N3CCN(CCCCCCNc4cccc5c4C(=O)N(C4CCC(=O)NC4=O)C5=O)CC3)ncc2F)ccc1NC(=O)c1ccc(C2=CCCC2)s1. The summed E-state index contributed by atoms with van der Waals surface area (Å²) in [5.41, 5.74) is 3.43. The van der Waals surface area contributed by atoms with Crippen molar-refractivity contribution in [3.05, 3.63) is 87.5 Å². The standard InChI is InChI=1S/C44H48FN9O6S/c1-60-34-25-28(13-14-31(34)49-41(57)36-17-16-35(61-36)27-9-4-5-10-27)48-39-30(45)26-47-44(51-39)53-23-21-52(22-24-53)20-7-3-2-6-19-46-32-12-8-11-29-38(32)43(59)54(42(29)58)33-15-18-37(55)50-40(33)56/h8-9,11-14,16-17,25-26,33,46H,2-7,10,15,18-24H2,1H3,(H,49,57)(H,47,48,51)(H,50,55,56). The number of benzene rings is 2. The summed E-state index contributed by atoms with van der Waals surface area (Å²) >= 11 is 1.48. The van der Waals surface area contributed by atoms with Crippen LogP contribution in [0.4, 0.5) is 33.2 Å². The van der Waals surface area contributed by atoms with Gasteiger partial charge in [-0.05, 0) is 87.0 Å². The molecule has 1 atom stereocenters. The number of anilines is 5. The lowest BCUT2D eigenvalue weighted by Crippen LogP contribution is -2.54. The number of amides is 5. The molecule has 3 aliphatic heterocycles. The van der Waals surface area contributed by atoms with E-state index in [4.69, 9.17) is 4.74 Å². The lowest BCUT2D eigenvalue weighted by atomic mass is 10.0. The summed E-state index contributed by atoms with van der Waals surface area (Å²) in [4.78, 5) is 79.5. The molecule has 5 amide bonds. The van der Waals surface area contributed by atoms with E-state index in [1.807, 2.05) is 17.0 Å². The zero-order chi connectivity index (χ0) is 42.5. The first-order valence-electron chi connectivity index (χ1n) is 20.8. The van der Waals surface area contributed by atoms with Gasteiger partial charge in [0.1, 0.15) is 11.8 Å². The van der Waals surface area contributed by atoms with Crippen molar-refractivity contribution in [3.63, 3.8) is 0 Å². The molecule has 4 aliphatic rings. The van der Waals surface area contributed by atoms with Gasteiger partial charge in [0.2, 0.25) is 17.8 Å². The molecule has 2 saturated heterocycles. The third kappa shape index (κ3) is 9.27. The number of aromatic nitrogens is 2. The van der Waals surface area contributed by atoms with E-state index < -0.39 is 35.5 Å². The number of unbranched alkanes of at least 4 members (excludes halogenated alkanes) is 3. The number of halogens is 1. The van der Waals surface area contributed by atoms with E-state index >= 15 is 0 Å². The van der Waals surface area contributed by atoms with Crippen molar-refractivity contribution in [1.29, 1.82) is 0 Å². The predicted molar refractivity (Wildman–Crippen MR) is 231 cm³/mol. The van der Waals surface area contributed by atoms with E-state index in [2.05, 4.69) is 42.2 Å². The first kappa shape index (κ1) is 41.5. The van der Waals surface area contributed by atoms with E-state index in [1.54, 1.807) is 36.4 Å². The first-order valence-corrected chi connectivity index (χ1v) is 21.6. The van der Waals surface area contributed by atoms with Crippen LogP contribution in [0.1, 0.15) is 93.1 Å². The van der Waals surface area contributed by atoms with Gasteiger partial charge < -0.3 is 25.6 Å². The van der Waals surface area contributed by atoms with Crippen LogP contribution < -0.4 is 30.9 Å². The molecule has 4 N–H and O–H groups in total. The maximum absolute atomic E-state index is 15.0. The fourth-order valence-corrected chi connectivity index (χ4v) is 9.16. The zero-order valence-electron chi connectivity index (χ0n) is 33.9. The summed E-state index contributed by atoms with van der Waals surface area (Å²) in [6, 6.07) is 13.1. The fraction of sp³-hybridized carbons (Fsp3) is 0.386. The quantitative estimate of drug-likeness (QED) is 0.0718. The van der Waals surface area contributed by atoms with Crippen molar-refractivity contribution in [2.24, 2.45) is 0 Å². The first-order chi connectivity index (χ1) is 29.7. The zero-order valence-corrected chi connectivity index (χ0v) is 34.7. The normalized spacial score (nSPS) is 17.9. The summed E-state index contributed by atoms with van der Waals surface area (Å²) in [7, 11) is 1.52. The van der Waals surface area contributed by atoms with Gasteiger partial charge in [-0.3, -0.25) is 39.1 Å². The summed E-state index contributed by atoms with van der Waals surface area (Å²) in [5.74, 6) is -1.98. The largest absolute Gasteiger partial charge is 0.494 e. The number of nitrogens with zero attached hydrogens (tertiary/aromatic N) is 5. The summed E-state index contributed by atoms with van der Waals surface area (Å²) < 4.78 is 20.6. The van der Waals surface area contributed by atoms with Gasteiger partial charge in [0.15, 0.2) is 11.6 Å². The highest BCUT2D eigenvalue weighted by atomic mass is 32.1. The second-order valence-electron chi connectivity index (χ2n) is 15.5. The molecule has 17 heteroatoms. The third-order valence-electron chi connectivity index (χ3n) is 11.5. The summed E-state index contributed by atoms with van der Waals surface area (Å²) in [5, 5.41) is 11.5. The van der Waals surface area contributed by atoms with Crippen LogP contribution in [0.5, 0.6) is 5.75 Å². The number of piperidine rings is 1. The molecule has 0 saturated carbocycles. The molecule has 2 aromatic heterocycles. The number of thiophene rings is 1. The molecule has 8 rings (SSSR count). The molecular weight excluding hydrogens is 802 g/mol. The van der Waals surface area contributed by atoms with Crippen LogP contribution in [-0.4, -0.2) is 102 Å². The van der Waals surface area contributed by atoms with Gasteiger partial charge in [-0.15, -0.1) is 11.3 Å². The van der Waals surface area contributed by atoms with Gasteiger partial charge in [0.25, 0.3) is 17.7 Å². The molecule has 1 unspecified atom stereocenters. The number of methoxy groups -OCH3 is 1.